The molecule has 1 heteroatoms. The van der Waals surface area contributed by atoms with Crippen LogP contribution in [0.4, 0.5) is 0 Å². The van der Waals surface area contributed by atoms with E-state index >= 15 is 0 Å². The van der Waals surface area contributed by atoms with Crippen molar-refractivity contribution in [2.24, 2.45) is 17.8 Å². The van der Waals surface area contributed by atoms with Crippen LogP contribution < -0.4 is 0 Å². The van der Waals surface area contributed by atoms with Gasteiger partial charge in [-0.05, 0) is 42.2 Å². The summed E-state index contributed by atoms with van der Waals surface area (Å²) in [4.78, 5) is 4.51. The highest BCUT2D eigenvalue weighted by Crippen LogP contribution is 2.35. The van der Waals surface area contributed by atoms with E-state index in [1.165, 1.54) is 30.5 Å². The minimum atomic E-state index is 0.795. The topological polar surface area (TPSA) is 12.9 Å². The summed E-state index contributed by atoms with van der Waals surface area (Å²) in [6, 6.07) is 4.33. The summed E-state index contributed by atoms with van der Waals surface area (Å²) >= 11 is 0. The highest BCUT2D eigenvalue weighted by molar-refractivity contribution is 5.24. The van der Waals surface area contributed by atoms with Gasteiger partial charge in [0.15, 0.2) is 0 Å². The van der Waals surface area contributed by atoms with E-state index in [1.54, 1.807) is 0 Å². The van der Waals surface area contributed by atoms with E-state index in [0.717, 1.165) is 17.8 Å². The number of hydrogen-bond acceptors (Lipinski definition) is 1. The van der Waals surface area contributed by atoms with Gasteiger partial charge < -0.3 is 0 Å². The SMILES string of the molecule is CCC1Cc2ncccc2CC1C(C)C. The van der Waals surface area contributed by atoms with E-state index in [-0.39, 0.29) is 0 Å². The first-order valence-electron chi connectivity index (χ1n) is 6.15. The van der Waals surface area contributed by atoms with Gasteiger partial charge in [0.05, 0.1) is 0 Å². The number of nitrogens with zero attached hydrogens (tertiary/aromatic N) is 1. The maximum atomic E-state index is 4.51. The Morgan fingerprint density at radius 1 is 1.40 bits per heavy atom. The maximum Gasteiger partial charge on any atom is 0.0438 e. The lowest BCUT2D eigenvalue weighted by Crippen LogP contribution is -2.29. The fourth-order valence-corrected chi connectivity index (χ4v) is 2.89. The lowest BCUT2D eigenvalue weighted by molar-refractivity contribution is 0.226. The molecule has 82 valence electrons. The summed E-state index contributed by atoms with van der Waals surface area (Å²) in [7, 11) is 0. The Bertz CT molecular complexity index is 330. The van der Waals surface area contributed by atoms with Crippen molar-refractivity contribution in [3.05, 3.63) is 29.6 Å². The lowest BCUT2D eigenvalue weighted by atomic mass is 9.71. The van der Waals surface area contributed by atoms with Gasteiger partial charge in [0.1, 0.15) is 0 Å². The molecule has 1 heterocycles. The lowest BCUT2D eigenvalue weighted by Gasteiger charge is -2.34. The first kappa shape index (κ1) is 10.7. The second-order valence-electron chi connectivity index (χ2n) is 5.09. The first-order valence-corrected chi connectivity index (χ1v) is 6.15. The highest BCUT2D eigenvalue weighted by atomic mass is 14.7. The maximum absolute atomic E-state index is 4.51. The van der Waals surface area contributed by atoms with Crippen LogP contribution in [-0.4, -0.2) is 4.98 Å². The number of pyridine rings is 1. The molecule has 1 aliphatic carbocycles. The van der Waals surface area contributed by atoms with Crippen molar-refractivity contribution in [1.82, 2.24) is 4.98 Å². The molecule has 0 radical (unpaired) electrons. The summed E-state index contributed by atoms with van der Waals surface area (Å²) in [5.74, 6) is 2.49. The average Bonchev–Trinajstić information content (AvgIpc) is 2.27. The number of hydrogen-bond donors (Lipinski definition) is 0. The third-order valence-electron chi connectivity index (χ3n) is 3.88. The Balaban J connectivity index is 2.26. The Kier molecular flexibility index (Phi) is 3.08. The molecule has 0 N–H and O–H groups in total. The molecule has 0 aliphatic heterocycles. The van der Waals surface area contributed by atoms with Crippen LogP contribution in [0.25, 0.3) is 0 Å². The average molecular weight is 203 g/mol. The van der Waals surface area contributed by atoms with Crippen LogP contribution in [-0.2, 0) is 12.8 Å². The zero-order valence-corrected chi connectivity index (χ0v) is 10.0. The first-order chi connectivity index (χ1) is 7.22. The molecule has 2 unspecified atom stereocenters. The van der Waals surface area contributed by atoms with Gasteiger partial charge in [-0.15, -0.1) is 0 Å². The molecule has 1 nitrogen and oxygen atoms in total. The van der Waals surface area contributed by atoms with Gasteiger partial charge in [-0.1, -0.05) is 33.3 Å². The van der Waals surface area contributed by atoms with Crippen molar-refractivity contribution in [3.63, 3.8) is 0 Å². The molecule has 0 saturated heterocycles. The highest BCUT2D eigenvalue weighted by Gasteiger charge is 2.29. The second-order valence-corrected chi connectivity index (χ2v) is 5.09. The third-order valence-corrected chi connectivity index (χ3v) is 3.88. The van der Waals surface area contributed by atoms with Crippen LogP contribution in [0.2, 0.25) is 0 Å². The monoisotopic (exact) mass is 203 g/mol. The van der Waals surface area contributed by atoms with Crippen molar-refractivity contribution >= 4 is 0 Å². The van der Waals surface area contributed by atoms with Gasteiger partial charge in [-0.2, -0.15) is 0 Å². The zero-order chi connectivity index (χ0) is 10.8. The van der Waals surface area contributed by atoms with Crippen molar-refractivity contribution < 1.29 is 0 Å². The molecule has 1 aliphatic rings. The molecule has 0 amide bonds. The van der Waals surface area contributed by atoms with Gasteiger partial charge in [0.2, 0.25) is 0 Å². The molecule has 0 fully saturated rings. The number of rotatable bonds is 2. The van der Waals surface area contributed by atoms with Crippen LogP contribution in [0.3, 0.4) is 0 Å². The predicted octanol–water partition coefficient (Wildman–Crippen LogP) is 3.48. The smallest absolute Gasteiger partial charge is 0.0438 e. The molecule has 0 bridgehead atoms. The molecular formula is C14H21N. The van der Waals surface area contributed by atoms with Crippen molar-refractivity contribution in [1.29, 1.82) is 0 Å². The van der Waals surface area contributed by atoms with Gasteiger partial charge in [-0.3, -0.25) is 4.98 Å². The molecule has 0 aromatic carbocycles. The van der Waals surface area contributed by atoms with Gasteiger partial charge in [0, 0.05) is 11.9 Å². The Morgan fingerprint density at radius 3 is 2.87 bits per heavy atom. The number of aromatic nitrogens is 1. The van der Waals surface area contributed by atoms with Gasteiger partial charge in [0.25, 0.3) is 0 Å². The van der Waals surface area contributed by atoms with E-state index in [9.17, 15) is 0 Å². The van der Waals surface area contributed by atoms with Gasteiger partial charge in [-0.25, -0.2) is 0 Å². The molecular weight excluding hydrogens is 182 g/mol. The molecule has 2 atom stereocenters. The zero-order valence-electron chi connectivity index (χ0n) is 10.0. The van der Waals surface area contributed by atoms with Gasteiger partial charge >= 0.3 is 0 Å². The fraction of sp³-hybridized carbons (Fsp3) is 0.643. The minimum Gasteiger partial charge on any atom is -0.261 e. The summed E-state index contributed by atoms with van der Waals surface area (Å²) in [6.07, 6.45) is 5.65. The quantitative estimate of drug-likeness (QED) is 0.717. The molecule has 1 aromatic heterocycles. The molecule has 2 rings (SSSR count). The van der Waals surface area contributed by atoms with Crippen LogP contribution >= 0.6 is 0 Å². The largest absolute Gasteiger partial charge is 0.261 e. The van der Waals surface area contributed by atoms with Crippen molar-refractivity contribution in [3.8, 4) is 0 Å². The molecule has 0 spiro atoms. The van der Waals surface area contributed by atoms with E-state index in [2.05, 4.69) is 37.9 Å². The van der Waals surface area contributed by atoms with Crippen molar-refractivity contribution in [2.75, 3.05) is 0 Å². The minimum absolute atomic E-state index is 0.795. The Labute approximate surface area is 92.9 Å². The Morgan fingerprint density at radius 2 is 2.20 bits per heavy atom. The predicted molar refractivity (Wildman–Crippen MR) is 63.8 cm³/mol. The van der Waals surface area contributed by atoms with E-state index in [1.807, 2.05) is 6.20 Å². The summed E-state index contributed by atoms with van der Waals surface area (Å²) in [6.45, 7) is 7.03. The second kappa shape index (κ2) is 4.34. The molecule has 15 heavy (non-hydrogen) atoms. The standard InChI is InChI=1S/C14H21N/c1-4-11-9-14-12(6-5-7-15-14)8-13(11)10(2)3/h5-7,10-11,13H,4,8-9H2,1-3H3. The molecule has 1 aromatic rings. The summed E-state index contributed by atoms with van der Waals surface area (Å²) in [5.41, 5.74) is 2.84. The van der Waals surface area contributed by atoms with Crippen molar-refractivity contribution in [2.45, 2.75) is 40.0 Å². The summed E-state index contributed by atoms with van der Waals surface area (Å²) < 4.78 is 0. The van der Waals surface area contributed by atoms with Crippen LogP contribution in [0, 0.1) is 17.8 Å². The van der Waals surface area contributed by atoms with Crippen LogP contribution in [0.5, 0.6) is 0 Å². The van der Waals surface area contributed by atoms with E-state index in [0.29, 0.717) is 0 Å². The van der Waals surface area contributed by atoms with E-state index < -0.39 is 0 Å². The van der Waals surface area contributed by atoms with Crippen LogP contribution in [0.15, 0.2) is 18.3 Å². The Hall–Kier alpha value is -0.850. The molecule has 0 saturated carbocycles. The summed E-state index contributed by atoms with van der Waals surface area (Å²) in [5, 5.41) is 0. The van der Waals surface area contributed by atoms with Crippen LogP contribution in [0.1, 0.15) is 38.4 Å². The fourth-order valence-electron chi connectivity index (χ4n) is 2.89. The van der Waals surface area contributed by atoms with E-state index in [4.69, 9.17) is 0 Å². The third kappa shape index (κ3) is 2.06. The number of fused-ring (bicyclic) bond motifs is 1. The normalized spacial score (nSPS) is 25.3.